The van der Waals surface area contributed by atoms with E-state index < -0.39 is 0 Å². The van der Waals surface area contributed by atoms with Gasteiger partial charge in [0.2, 0.25) is 5.91 Å². The summed E-state index contributed by atoms with van der Waals surface area (Å²) in [5.41, 5.74) is 7.13. The molecule has 0 radical (unpaired) electrons. The van der Waals surface area contributed by atoms with Crippen LogP contribution < -0.4 is 5.73 Å². The van der Waals surface area contributed by atoms with Crippen LogP contribution in [-0.4, -0.2) is 37.6 Å². The van der Waals surface area contributed by atoms with Gasteiger partial charge in [0, 0.05) is 32.7 Å². The van der Waals surface area contributed by atoms with E-state index in [1.165, 1.54) is 0 Å². The highest BCUT2D eigenvalue weighted by atomic mass is 16.5. The molecule has 2 N–H and O–H groups in total. The van der Waals surface area contributed by atoms with Gasteiger partial charge in [-0.3, -0.25) is 4.79 Å². The minimum absolute atomic E-state index is 0.0219. The molecule has 1 atom stereocenters. The number of carbonyl (C=O) groups is 1. The Morgan fingerprint density at radius 2 is 2.10 bits per heavy atom. The zero-order valence-electron chi connectivity index (χ0n) is 12.5. The minimum atomic E-state index is -0.143. The topological polar surface area (TPSA) is 79.3 Å². The second kappa shape index (κ2) is 9.92. The largest absolute Gasteiger partial charge is 0.383 e. The molecule has 21 heavy (non-hydrogen) atoms. The van der Waals surface area contributed by atoms with Gasteiger partial charge in [0.15, 0.2) is 0 Å². The van der Waals surface area contributed by atoms with Crippen LogP contribution in [0.15, 0.2) is 30.3 Å². The van der Waals surface area contributed by atoms with Crippen molar-refractivity contribution in [3.63, 3.8) is 0 Å². The highest BCUT2D eigenvalue weighted by molar-refractivity contribution is 5.76. The van der Waals surface area contributed by atoms with E-state index in [2.05, 4.69) is 6.07 Å². The van der Waals surface area contributed by atoms with E-state index in [0.29, 0.717) is 39.0 Å². The Morgan fingerprint density at radius 1 is 1.38 bits per heavy atom. The molecule has 0 aliphatic rings. The molecule has 1 rings (SSSR count). The van der Waals surface area contributed by atoms with E-state index in [4.69, 9.17) is 15.7 Å². The molecule has 1 amide bonds. The van der Waals surface area contributed by atoms with Crippen LogP contribution in [0, 0.1) is 11.3 Å². The van der Waals surface area contributed by atoms with Crippen molar-refractivity contribution in [3.8, 4) is 6.07 Å². The van der Waals surface area contributed by atoms with Crippen molar-refractivity contribution in [2.24, 2.45) is 5.73 Å². The lowest BCUT2D eigenvalue weighted by Crippen LogP contribution is -2.35. The van der Waals surface area contributed by atoms with Crippen LogP contribution in [0.5, 0.6) is 0 Å². The summed E-state index contributed by atoms with van der Waals surface area (Å²) < 4.78 is 5.00. The number of rotatable bonds is 9. The zero-order valence-corrected chi connectivity index (χ0v) is 12.5. The molecule has 114 valence electrons. The summed E-state index contributed by atoms with van der Waals surface area (Å²) >= 11 is 0. The standard InChI is InChI=1S/C16H23N3O2/c1-21-13-12-19(11-5-10-17)16(20)9-8-15(18)14-6-3-2-4-7-14/h2-4,6-7,15H,5,8-9,11-13,18H2,1H3. The van der Waals surface area contributed by atoms with E-state index in [1.807, 2.05) is 30.3 Å². The van der Waals surface area contributed by atoms with Crippen molar-refractivity contribution in [2.45, 2.75) is 25.3 Å². The first-order chi connectivity index (χ1) is 10.2. The maximum Gasteiger partial charge on any atom is 0.222 e. The van der Waals surface area contributed by atoms with Crippen molar-refractivity contribution in [1.82, 2.24) is 4.90 Å². The number of benzene rings is 1. The SMILES string of the molecule is COCCN(CCC#N)C(=O)CCC(N)c1ccccc1. The number of hydrogen-bond acceptors (Lipinski definition) is 4. The molecule has 0 heterocycles. The Morgan fingerprint density at radius 3 is 2.71 bits per heavy atom. The van der Waals surface area contributed by atoms with E-state index >= 15 is 0 Å². The van der Waals surface area contributed by atoms with Crippen molar-refractivity contribution < 1.29 is 9.53 Å². The Labute approximate surface area is 126 Å². The average Bonchev–Trinajstić information content (AvgIpc) is 2.53. The third kappa shape index (κ3) is 6.39. The fourth-order valence-corrected chi connectivity index (χ4v) is 2.05. The molecule has 0 saturated carbocycles. The summed E-state index contributed by atoms with van der Waals surface area (Å²) in [5, 5.41) is 8.65. The maximum atomic E-state index is 12.2. The van der Waals surface area contributed by atoms with E-state index in [-0.39, 0.29) is 11.9 Å². The van der Waals surface area contributed by atoms with E-state index in [1.54, 1.807) is 12.0 Å². The van der Waals surface area contributed by atoms with Crippen LogP contribution in [0.3, 0.4) is 0 Å². The quantitative estimate of drug-likeness (QED) is 0.752. The van der Waals surface area contributed by atoms with Crippen LogP contribution in [0.4, 0.5) is 0 Å². The highest BCUT2D eigenvalue weighted by Gasteiger charge is 2.15. The first kappa shape index (κ1) is 17.2. The van der Waals surface area contributed by atoms with Crippen LogP contribution in [0.1, 0.15) is 30.9 Å². The third-order valence-electron chi connectivity index (χ3n) is 3.31. The summed E-state index contributed by atoms with van der Waals surface area (Å²) in [5.74, 6) is 0.0219. The van der Waals surface area contributed by atoms with Gasteiger partial charge in [0.05, 0.1) is 19.1 Å². The molecule has 1 aromatic rings. The molecule has 5 heteroatoms. The van der Waals surface area contributed by atoms with Gasteiger partial charge in [-0.1, -0.05) is 30.3 Å². The second-order valence-electron chi connectivity index (χ2n) is 4.84. The third-order valence-corrected chi connectivity index (χ3v) is 3.31. The maximum absolute atomic E-state index is 12.2. The van der Waals surface area contributed by atoms with Crippen LogP contribution >= 0.6 is 0 Å². The molecule has 0 fully saturated rings. The van der Waals surface area contributed by atoms with Gasteiger partial charge >= 0.3 is 0 Å². The van der Waals surface area contributed by atoms with Gasteiger partial charge in [0.1, 0.15) is 0 Å². The van der Waals surface area contributed by atoms with Crippen molar-refractivity contribution >= 4 is 5.91 Å². The monoisotopic (exact) mass is 289 g/mol. The number of amides is 1. The van der Waals surface area contributed by atoms with Gasteiger partial charge in [-0.25, -0.2) is 0 Å². The number of ether oxygens (including phenoxy) is 1. The number of hydrogen-bond donors (Lipinski definition) is 1. The van der Waals surface area contributed by atoms with Gasteiger partial charge in [0.25, 0.3) is 0 Å². The van der Waals surface area contributed by atoms with E-state index in [9.17, 15) is 4.79 Å². The summed E-state index contributed by atoms with van der Waals surface area (Å²) in [4.78, 5) is 13.9. The fourth-order valence-electron chi connectivity index (χ4n) is 2.05. The molecule has 0 aliphatic carbocycles. The lowest BCUT2D eigenvalue weighted by molar-refractivity contribution is -0.132. The number of nitrogens with zero attached hydrogens (tertiary/aromatic N) is 2. The van der Waals surface area contributed by atoms with Crippen molar-refractivity contribution in [3.05, 3.63) is 35.9 Å². The molecule has 0 aliphatic heterocycles. The van der Waals surface area contributed by atoms with Gasteiger partial charge < -0.3 is 15.4 Å². The average molecular weight is 289 g/mol. The highest BCUT2D eigenvalue weighted by Crippen LogP contribution is 2.15. The molecule has 0 bridgehead atoms. The van der Waals surface area contributed by atoms with Gasteiger partial charge in [-0.2, -0.15) is 5.26 Å². The number of nitriles is 1. The predicted molar refractivity (Wildman–Crippen MR) is 81.3 cm³/mol. The van der Waals surface area contributed by atoms with Crippen LogP contribution in [-0.2, 0) is 9.53 Å². The Kier molecular flexibility index (Phi) is 8.10. The molecule has 0 aromatic heterocycles. The summed E-state index contributed by atoms with van der Waals surface area (Å²) in [6.07, 6.45) is 1.31. The van der Waals surface area contributed by atoms with Gasteiger partial charge in [-0.05, 0) is 12.0 Å². The normalized spacial score (nSPS) is 11.7. The molecule has 5 nitrogen and oxygen atoms in total. The molecule has 0 spiro atoms. The van der Waals surface area contributed by atoms with Crippen molar-refractivity contribution in [2.75, 3.05) is 26.8 Å². The van der Waals surface area contributed by atoms with Crippen LogP contribution in [0.25, 0.3) is 0 Å². The molecular formula is C16H23N3O2. The Hall–Kier alpha value is -1.90. The van der Waals surface area contributed by atoms with E-state index in [0.717, 1.165) is 5.56 Å². The predicted octanol–water partition coefficient (Wildman–Crippen LogP) is 1.86. The molecule has 0 saturated heterocycles. The number of methoxy groups -OCH3 is 1. The molecule has 1 aromatic carbocycles. The number of carbonyl (C=O) groups excluding carboxylic acids is 1. The second-order valence-corrected chi connectivity index (χ2v) is 4.84. The fraction of sp³-hybridized carbons (Fsp3) is 0.500. The van der Waals surface area contributed by atoms with Crippen molar-refractivity contribution in [1.29, 1.82) is 5.26 Å². The minimum Gasteiger partial charge on any atom is -0.383 e. The lowest BCUT2D eigenvalue weighted by Gasteiger charge is -2.22. The zero-order chi connectivity index (χ0) is 15.5. The summed E-state index contributed by atoms with van der Waals surface area (Å²) in [7, 11) is 1.60. The lowest BCUT2D eigenvalue weighted by atomic mass is 10.0. The number of nitrogens with two attached hydrogens (primary N) is 1. The first-order valence-electron chi connectivity index (χ1n) is 7.13. The van der Waals surface area contributed by atoms with Gasteiger partial charge in [-0.15, -0.1) is 0 Å². The Balaban J connectivity index is 2.47. The Bertz CT molecular complexity index is 456. The molecular weight excluding hydrogens is 266 g/mol. The first-order valence-corrected chi connectivity index (χ1v) is 7.13. The smallest absolute Gasteiger partial charge is 0.222 e. The summed E-state index contributed by atoms with van der Waals surface area (Å²) in [6.45, 7) is 1.43. The van der Waals surface area contributed by atoms with Crippen LogP contribution in [0.2, 0.25) is 0 Å². The molecule has 1 unspecified atom stereocenters. The summed E-state index contributed by atoms with van der Waals surface area (Å²) in [6, 6.07) is 11.7.